The predicted molar refractivity (Wildman–Crippen MR) is 114 cm³/mol. The van der Waals surface area contributed by atoms with E-state index in [0.717, 1.165) is 46.2 Å². The number of aryl methyl sites for hydroxylation is 2. The van der Waals surface area contributed by atoms with Crippen LogP contribution in [0.4, 0.5) is 0 Å². The highest BCUT2D eigenvalue weighted by Gasteiger charge is 2.15. The summed E-state index contributed by atoms with van der Waals surface area (Å²) in [4.78, 5) is 13.0. The summed E-state index contributed by atoms with van der Waals surface area (Å²) in [6.45, 7) is 15.6. The third-order valence-electron chi connectivity index (χ3n) is 4.19. The molecule has 0 radical (unpaired) electrons. The van der Waals surface area contributed by atoms with Crippen molar-refractivity contribution in [1.29, 1.82) is 0 Å². The van der Waals surface area contributed by atoms with Gasteiger partial charge < -0.3 is 0 Å². The first-order chi connectivity index (χ1) is 12.6. The molecule has 1 nitrogen and oxygen atoms in total. The molecule has 0 N–H and O–H groups in total. The van der Waals surface area contributed by atoms with Crippen LogP contribution in [0.3, 0.4) is 0 Å². The first-order valence-corrected chi connectivity index (χ1v) is 9.26. The minimum atomic E-state index is 0.0969. The van der Waals surface area contributed by atoms with Gasteiger partial charge in [0.25, 0.3) is 0 Å². The Morgan fingerprint density at radius 2 is 1.73 bits per heavy atom. The molecule has 136 valence electrons. The molecule has 0 saturated heterocycles. The fraction of sp³-hybridized carbons (Fsp3) is 0.240. The summed E-state index contributed by atoms with van der Waals surface area (Å²) in [6, 6.07) is 13.9. The van der Waals surface area contributed by atoms with Gasteiger partial charge in [-0.15, -0.1) is 0 Å². The van der Waals surface area contributed by atoms with E-state index in [1.54, 1.807) is 6.08 Å². The molecule has 0 aliphatic heterocycles. The molecule has 26 heavy (non-hydrogen) atoms. The van der Waals surface area contributed by atoms with E-state index in [2.05, 4.69) is 26.1 Å². The topological polar surface area (TPSA) is 17.1 Å². The Morgan fingerprint density at radius 3 is 2.35 bits per heavy atom. The summed E-state index contributed by atoms with van der Waals surface area (Å²) >= 11 is 0. The largest absolute Gasteiger partial charge is 0.289 e. The summed E-state index contributed by atoms with van der Waals surface area (Å²) in [5.74, 6) is 0.0969. The van der Waals surface area contributed by atoms with Crippen LogP contribution < -0.4 is 0 Å². The van der Waals surface area contributed by atoms with E-state index in [1.165, 1.54) is 0 Å². The highest BCUT2D eigenvalue weighted by atomic mass is 16.1. The molecule has 0 aromatic heterocycles. The summed E-state index contributed by atoms with van der Waals surface area (Å²) in [5.41, 5.74) is 5.85. The number of carbonyl (C=O) groups excluding carboxylic acids is 1. The second kappa shape index (κ2) is 11.0. The summed E-state index contributed by atoms with van der Waals surface area (Å²) in [7, 11) is 0. The van der Waals surface area contributed by atoms with Gasteiger partial charge in [-0.3, -0.25) is 4.79 Å². The highest BCUT2D eigenvalue weighted by molar-refractivity contribution is 6.10. The Labute approximate surface area is 158 Å². The van der Waals surface area contributed by atoms with Crippen molar-refractivity contribution in [2.45, 2.75) is 40.5 Å². The lowest BCUT2D eigenvalue weighted by molar-refractivity contribution is 0.103. The maximum absolute atomic E-state index is 13.0. The van der Waals surface area contributed by atoms with E-state index in [1.807, 2.05) is 69.3 Å². The fourth-order valence-corrected chi connectivity index (χ4v) is 2.81. The molecule has 0 saturated carbocycles. The van der Waals surface area contributed by atoms with Crippen molar-refractivity contribution in [3.63, 3.8) is 0 Å². The van der Waals surface area contributed by atoms with Crippen LogP contribution in [-0.4, -0.2) is 5.78 Å². The lowest BCUT2D eigenvalue weighted by atomic mass is 9.92. The van der Waals surface area contributed by atoms with Gasteiger partial charge in [0.05, 0.1) is 0 Å². The molecule has 0 bridgehead atoms. The van der Waals surface area contributed by atoms with Gasteiger partial charge in [-0.2, -0.15) is 0 Å². The molecule has 0 aliphatic carbocycles. The van der Waals surface area contributed by atoms with Gasteiger partial charge in [0.15, 0.2) is 5.78 Å². The van der Waals surface area contributed by atoms with Crippen LogP contribution in [0.25, 0.3) is 0 Å². The van der Waals surface area contributed by atoms with Gasteiger partial charge in [0.1, 0.15) is 0 Å². The molecule has 0 heterocycles. The van der Waals surface area contributed by atoms with Crippen LogP contribution >= 0.6 is 0 Å². The predicted octanol–water partition coefficient (Wildman–Crippen LogP) is 6.66. The van der Waals surface area contributed by atoms with Gasteiger partial charge in [-0.25, -0.2) is 0 Å². The minimum Gasteiger partial charge on any atom is -0.289 e. The summed E-state index contributed by atoms with van der Waals surface area (Å²) in [5, 5.41) is 0. The Balaban J connectivity index is 0.00000163. The van der Waals surface area contributed by atoms with Gasteiger partial charge >= 0.3 is 0 Å². The smallest absolute Gasteiger partial charge is 0.193 e. The molecule has 1 heteroatoms. The van der Waals surface area contributed by atoms with Crippen molar-refractivity contribution in [3.05, 3.63) is 107 Å². The number of rotatable bonds is 7. The maximum Gasteiger partial charge on any atom is 0.193 e. The third kappa shape index (κ3) is 5.42. The number of ketones is 1. The molecule has 2 aromatic carbocycles. The van der Waals surface area contributed by atoms with Gasteiger partial charge in [0.2, 0.25) is 0 Å². The van der Waals surface area contributed by atoms with E-state index >= 15 is 0 Å². The van der Waals surface area contributed by atoms with Gasteiger partial charge in [-0.05, 0) is 48.1 Å². The number of hydrogen-bond acceptors (Lipinski definition) is 1. The average molecular weight is 347 g/mol. The molecule has 0 atom stereocenters. The van der Waals surface area contributed by atoms with Crippen LogP contribution in [-0.2, 0) is 12.8 Å². The molecule has 0 spiro atoms. The van der Waals surface area contributed by atoms with Gasteiger partial charge in [-0.1, -0.05) is 88.6 Å². The van der Waals surface area contributed by atoms with E-state index < -0.39 is 0 Å². The van der Waals surface area contributed by atoms with Crippen molar-refractivity contribution in [3.8, 4) is 0 Å². The van der Waals surface area contributed by atoms with Crippen LogP contribution in [0, 0.1) is 6.92 Å². The second-order valence-electron chi connectivity index (χ2n) is 5.85. The molecule has 2 rings (SSSR count). The zero-order chi connectivity index (χ0) is 19.5. The number of allylic oxidation sites excluding steroid dienone is 4. The molecule has 0 aliphatic rings. The average Bonchev–Trinajstić information content (AvgIpc) is 2.69. The molecule has 0 amide bonds. The Kier molecular flexibility index (Phi) is 9.08. The molecular weight excluding hydrogens is 316 g/mol. The SMILES string of the molecule is C=C/C=C(\C=C)Cc1ccc(C)c(C(=O)c2ccccc2CC)c1.CC. The number of hydrogen-bond donors (Lipinski definition) is 0. The van der Waals surface area contributed by atoms with Crippen LogP contribution in [0.2, 0.25) is 0 Å². The van der Waals surface area contributed by atoms with Crippen LogP contribution in [0.15, 0.2) is 79.4 Å². The summed E-state index contributed by atoms with van der Waals surface area (Å²) in [6.07, 6.45) is 7.12. The zero-order valence-electron chi connectivity index (χ0n) is 16.5. The third-order valence-corrected chi connectivity index (χ3v) is 4.19. The monoisotopic (exact) mass is 346 g/mol. The molecule has 2 aromatic rings. The van der Waals surface area contributed by atoms with E-state index in [9.17, 15) is 4.79 Å². The van der Waals surface area contributed by atoms with Gasteiger partial charge in [0, 0.05) is 11.1 Å². The van der Waals surface area contributed by atoms with Crippen molar-refractivity contribution < 1.29 is 4.79 Å². The standard InChI is InChI=1S/C23H24O.C2H6/c1-5-10-18(6-2)15-19-14-13-17(4)22(16-19)23(24)21-12-9-8-11-20(21)7-3;1-2/h5-6,8-14,16H,1-2,7,15H2,3-4H3;1-2H3/b18-10+;. The van der Waals surface area contributed by atoms with E-state index in [-0.39, 0.29) is 5.78 Å². The van der Waals surface area contributed by atoms with Crippen LogP contribution in [0.5, 0.6) is 0 Å². The maximum atomic E-state index is 13.0. The molecule has 0 unspecified atom stereocenters. The lowest BCUT2D eigenvalue weighted by Gasteiger charge is -2.11. The van der Waals surface area contributed by atoms with Crippen molar-refractivity contribution in [2.24, 2.45) is 0 Å². The second-order valence-corrected chi connectivity index (χ2v) is 5.85. The Hall–Kier alpha value is -2.67. The normalized spacial score (nSPS) is 10.5. The first-order valence-electron chi connectivity index (χ1n) is 9.26. The van der Waals surface area contributed by atoms with E-state index in [4.69, 9.17) is 0 Å². The first kappa shape index (κ1) is 21.4. The van der Waals surface area contributed by atoms with Crippen LogP contribution in [0.1, 0.15) is 53.4 Å². The van der Waals surface area contributed by atoms with E-state index in [0.29, 0.717) is 0 Å². The Morgan fingerprint density at radius 1 is 1.04 bits per heavy atom. The molecular formula is C25H30O. The highest BCUT2D eigenvalue weighted by Crippen LogP contribution is 2.21. The fourth-order valence-electron chi connectivity index (χ4n) is 2.81. The van der Waals surface area contributed by atoms with Crippen molar-refractivity contribution >= 4 is 5.78 Å². The Bertz CT molecular complexity index is 794. The minimum absolute atomic E-state index is 0.0969. The quantitative estimate of drug-likeness (QED) is 0.405. The summed E-state index contributed by atoms with van der Waals surface area (Å²) < 4.78 is 0. The zero-order valence-corrected chi connectivity index (χ0v) is 16.5. The van der Waals surface area contributed by atoms with Crippen molar-refractivity contribution in [1.82, 2.24) is 0 Å². The number of benzene rings is 2. The number of carbonyl (C=O) groups is 1. The van der Waals surface area contributed by atoms with Crippen molar-refractivity contribution in [2.75, 3.05) is 0 Å². The lowest BCUT2D eigenvalue weighted by Crippen LogP contribution is -2.07. The molecule has 0 fully saturated rings.